The second-order valence-corrected chi connectivity index (χ2v) is 5.80. The summed E-state index contributed by atoms with van der Waals surface area (Å²) in [5, 5.41) is 10.7. The van der Waals surface area contributed by atoms with E-state index < -0.39 is 6.10 Å². The van der Waals surface area contributed by atoms with Gasteiger partial charge in [0.2, 0.25) is 0 Å². The Morgan fingerprint density at radius 1 is 1.00 bits per heavy atom. The van der Waals surface area contributed by atoms with E-state index in [-0.39, 0.29) is 5.25 Å². The third-order valence-corrected chi connectivity index (χ3v) is 4.36. The van der Waals surface area contributed by atoms with E-state index in [1.807, 2.05) is 49.4 Å². The van der Waals surface area contributed by atoms with Gasteiger partial charge < -0.3 is 5.11 Å². The number of aliphatic hydroxyl groups is 1. The van der Waals surface area contributed by atoms with Gasteiger partial charge in [-0.3, -0.25) is 0 Å². The first-order valence-electron chi connectivity index (χ1n) is 5.82. The molecule has 2 atom stereocenters. The van der Waals surface area contributed by atoms with Crippen LogP contribution >= 0.6 is 23.4 Å². The molecule has 1 N–H and O–H groups in total. The Morgan fingerprint density at radius 3 is 2.17 bits per heavy atom. The first-order chi connectivity index (χ1) is 8.66. The number of aliphatic hydroxyl groups excluding tert-OH is 1. The molecule has 0 aromatic heterocycles. The largest absolute Gasteiger partial charge is 0.392 e. The van der Waals surface area contributed by atoms with Crippen LogP contribution in [0.25, 0.3) is 0 Å². The van der Waals surface area contributed by atoms with Crippen LogP contribution in [0.2, 0.25) is 5.02 Å². The summed E-state index contributed by atoms with van der Waals surface area (Å²) in [6, 6.07) is 17.8. The maximum Gasteiger partial charge on any atom is 0.0675 e. The first kappa shape index (κ1) is 13.5. The quantitative estimate of drug-likeness (QED) is 0.828. The van der Waals surface area contributed by atoms with Gasteiger partial charge >= 0.3 is 0 Å². The lowest BCUT2D eigenvalue weighted by atomic mass is 10.1. The maximum absolute atomic E-state index is 9.94. The summed E-state index contributed by atoms with van der Waals surface area (Å²) in [6.07, 6.45) is -0.420. The van der Waals surface area contributed by atoms with Gasteiger partial charge in [0.05, 0.1) is 11.4 Å². The van der Waals surface area contributed by atoms with E-state index in [4.69, 9.17) is 11.6 Å². The third-order valence-electron chi connectivity index (χ3n) is 2.64. The summed E-state index contributed by atoms with van der Waals surface area (Å²) in [7, 11) is 0. The van der Waals surface area contributed by atoms with Crippen molar-refractivity contribution in [3.8, 4) is 0 Å². The molecule has 0 spiro atoms. The molecule has 3 heteroatoms. The Labute approximate surface area is 117 Å². The highest BCUT2D eigenvalue weighted by Gasteiger charge is 2.18. The second-order valence-electron chi connectivity index (χ2n) is 4.14. The summed E-state index contributed by atoms with van der Waals surface area (Å²) in [5.74, 6) is 0. The summed E-state index contributed by atoms with van der Waals surface area (Å²) in [6.45, 7) is 1.81. The molecule has 0 bridgehead atoms. The average molecular weight is 279 g/mol. The van der Waals surface area contributed by atoms with E-state index >= 15 is 0 Å². The zero-order chi connectivity index (χ0) is 13.0. The van der Waals surface area contributed by atoms with Crippen molar-refractivity contribution >= 4 is 23.4 Å². The molecule has 94 valence electrons. The van der Waals surface area contributed by atoms with E-state index in [2.05, 4.69) is 12.1 Å². The van der Waals surface area contributed by atoms with Crippen molar-refractivity contribution in [2.75, 3.05) is 0 Å². The van der Waals surface area contributed by atoms with Gasteiger partial charge in [0, 0.05) is 9.92 Å². The molecule has 0 saturated carbocycles. The molecule has 0 aliphatic heterocycles. The summed E-state index contributed by atoms with van der Waals surface area (Å²) >= 11 is 7.55. The summed E-state index contributed by atoms with van der Waals surface area (Å²) in [5.41, 5.74) is 1.09. The van der Waals surface area contributed by atoms with E-state index in [1.54, 1.807) is 11.8 Å². The van der Waals surface area contributed by atoms with Crippen LogP contribution in [0.15, 0.2) is 59.5 Å². The van der Waals surface area contributed by atoms with Crippen LogP contribution < -0.4 is 0 Å². The van der Waals surface area contributed by atoms with Crippen LogP contribution in [-0.4, -0.2) is 11.2 Å². The van der Waals surface area contributed by atoms with Crippen molar-refractivity contribution in [1.82, 2.24) is 0 Å². The molecule has 18 heavy (non-hydrogen) atoms. The molecular formula is C15H15ClOS. The van der Waals surface area contributed by atoms with Crippen molar-refractivity contribution in [2.24, 2.45) is 0 Å². The van der Waals surface area contributed by atoms with E-state index in [0.29, 0.717) is 5.02 Å². The predicted octanol–water partition coefficient (Wildman–Crippen LogP) is 4.55. The number of benzene rings is 2. The fourth-order valence-electron chi connectivity index (χ4n) is 1.74. The van der Waals surface area contributed by atoms with Crippen LogP contribution in [0.1, 0.15) is 17.7 Å². The summed E-state index contributed by atoms with van der Waals surface area (Å²) in [4.78, 5) is 1.15. The highest BCUT2D eigenvalue weighted by Crippen LogP contribution is 2.37. The van der Waals surface area contributed by atoms with Gasteiger partial charge in [0.1, 0.15) is 0 Å². The Kier molecular flexibility index (Phi) is 4.70. The zero-order valence-corrected chi connectivity index (χ0v) is 11.7. The van der Waals surface area contributed by atoms with Gasteiger partial charge in [-0.05, 0) is 36.8 Å². The Bertz CT molecular complexity index is 482. The molecule has 2 aromatic rings. The number of thioether (sulfide) groups is 1. The lowest BCUT2D eigenvalue weighted by Gasteiger charge is -2.20. The van der Waals surface area contributed by atoms with E-state index in [1.165, 1.54) is 0 Å². The fraction of sp³-hybridized carbons (Fsp3) is 0.200. The summed E-state index contributed by atoms with van der Waals surface area (Å²) < 4.78 is 0. The fourth-order valence-corrected chi connectivity index (χ4v) is 2.97. The smallest absolute Gasteiger partial charge is 0.0675 e. The Morgan fingerprint density at radius 2 is 1.61 bits per heavy atom. The zero-order valence-electron chi connectivity index (χ0n) is 10.1. The SMILES string of the molecule is C[C@@H](O)[C@@H](Sc1ccccc1)c1ccc(Cl)cc1. The third kappa shape index (κ3) is 3.52. The molecule has 0 fully saturated rings. The molecule has 0 aliphatic rings. The van der Waals surface area contributed by atoms with Gasteiger partial charge in [-0.2, -0.15) is 0 Å². The van der Waals surface area contributed by atoms with Crippen molar-refractivity contribution in [1.29, 1.82) is 0 Å². The van der Waals surface area contributed by atoms with Crippen LogP contribution in [0.3, 0.4) is 0 Å². The molecule has 0 saturated heterocycles. The molecular weight excluding hydrogens is 264 g/mol. The Balaban J connectivity index is 2.21. The minimum absolute atomic E-state index is 0.0182. The van der Waals surface area contributed by atoms with Gasteiger partial charge in [-0.25, -0.2) is 0 Å². The molecule has 0 heterocycles. The Hall–Kier alpha value is -0.960. The molecule has 0 unspecified atom stereocenters. The molecule has 1 nitrogen and oxygen atoms in total. The van der Waals surface area contributed by atoms with E-state index in [0.717, 1.165) is 10.5 Å². The maximum atomic E-state index is 9.94. The van der Waals surface area contributed by atoms with Gasteiger partial charge in [0.15, 0.2) is 0 Å². The number of rotatable bonds is 4. The molecule has 2 rings (SSSR count). The highest BCUT2D eigenvalue weighted by atomic mass is 35.5. The first-order valence-corrected chi connectivity index (χ1v) is 7.08. The van der Waals surface area contributed by atoms with Crippen LogP contribution in [0, 0.1) is 0 Å². The predicted molar refractivity (Wildman–Crippen MR) is 78.2 cm³/mol. The number of hydrogen-bond acceptors (Lipinski definition) is 2. The van der Waals surface area contributed by atoms with Crippen molar-refractivity contribution in [2.45, 2.75) is 23.2 Å². The topological polar surface area (TPSA) is 20.2 Å². The average Bonchev–Trinajstić information content (AvgIpc) is 2.38. The highest BCUT2D eigenvalue weighted by molar-refractivity contribution is 7.99. The normalized spacial score (nSPS) is 14.2. The van der Waals surface area contributed by atoms with Gasteiger partial charge in [-0.15, -0.1) is 11.8 Å². The van der Waals surface area contributed by atoms with E-state index in [9.17, 15) is 5.11 Å². The van der Waals surface area contributed by atoms with Crippen molar-refractivity contribution in [3.63, 3.8) is 0 Å². The lowest BCUT2D eigenvalue weighted by Crippen LogP contribution is -2.11. The minimum Gasteiger partial charge on any atom is -0.392 e. The van der Waals surface area contributed by atoms with Crippen molar-refractivity contribution < 1.29 is 5.11 Å². The standard InChI is InChI=1S/C15H15ClOS/c1-11(17)15(12-7-9-13(16)10-8-12)18-14-5-3-2-4-6-14/h2-11,15,17H,1H3/t11-,15-/m1/s1. The second kappa shape index (κ2) is 6.28. The van der Waals surface area contributed by atoms with Gasteiger partial charge in [-0.1, -0.05) is 41.9 Å². The van der Waals surface area contributed by atoms with Crippen LogP contribution in [-0.2, 0) is 0 Å². The van der Waals surface area contributed by atoms with Crippen molar-refractivity contribution in [3.05, 3.63) is 65.2 Å². The number of hydrogen-bond donors (Lipinski definition) is 1. The molecule has 0 amide bonds. The molecule has 2 aromatic carbocycles. The minimum atomic E-state index is -0.420. The molecule has 0 radical (unpaired) electrons. The molecule has 0 aliphatic carbocycles. The monoisotopic (exact) mass is 278 g/mol. The van der Waals surface area contributed by atoms with Crippen LogP contribution in [0.5, 0.6) is 0 Å². The lowest BCUT2D eigenvalue weighted by molar-refractivity contribution is 0.192. The van der Waals surface area contributed by atoms with Gasteiger partial charge in [0.25, 0.3) is 0 Å². The van der Waals surface area contributed by atoms with Crippen LogP contribution in [0.4, 0.5) is 0 Å². The number of halogens is 1.